The van der Waals surface area contributed by atoms with E-state index in [0.717, 1.165) is 4.90 Å². The number of aliphatic hydroxyl groups is 1. The number of carbonyl (C=O) groups is 1. The molecule has 0 fully saturated rings. The van der Waals surface area contributed by atoms with Crippen molar-refractivity contribution in [2.24, 2.45) is 0 Å². The Morgan fingerprint density at radius 1 is 1.43 bits per heavy atom. The summed E-state index contributed by atoms with van der Waals surface area (Å²) in [6.45, 7) is -1.93. The molecule has 0 aromatic carbocycles. The molecule has 2 N–H and O–H groups in total. The molecular weight excluding hydrogens is 311 g/mol. The van der Waals surface area contributed by atoms with Crippen molar-refractivity contribution in [3.05, 3.63) is 23.4 Å². The van der Waals surface area contributed by atoms with Gasteiger partial charge in [-0.05, 0) is 18.6 Å². The lowest BCUT2D eigenvalue weighted by Crippen LogP contribution is -2.40. The van der Waals surface area contributed by atoms with Gasteiger partial charge in [0, 0.05) is 19.3 Å². The summed E-state index contributed by atoms with van der Waals surface area (Å²) in [5.74, 6) is -0.412. The predicted molar refractivity (Wildman–Crippen MR) is 72.1 cm³/mol. The van der Waals surface area contributed by atoms with E-state index >= 15 is 0 Å². The first-order valence-corrected chi connectivity index (χ1v) is 6.49. The molecule has 0 unspecified atom stereocenters. The highest BCUT2D eigenvalue weighted by Gasteiger charge is 2.31. The van der Waals surface area contributed by atoms with E-state index < -0.39 is 25.2 Å². The zero-order valence-electron chi connectivity index (χ0n) is 11.0. The van der Waals surface area contributed by atoms with Gasteiger partial charge < -0.3 is 10.4 Å². The number of alkyl halides is 3. The Morgan fingerprint density at radius 2 is 2.14 bits per heavy atom. The fraction of sp³-hybridized carbons (Fsp3) is 0.500. The van der Waals surface area contributed by atoms with E-state index in [0.29, 0.717) is 5.02 Å². The molecule has 1 amide bonds. The van der Waals surface area contributed by atoms with E-state index in [9.17, 15) is 18.0 Å². The van der Waals surface area contributed by atoms with E-state index in [4.69, 9.17) is 16.7 Å². The topological polar surface area (TPSA) is 65.5 Å². The number of amides is 1. The Labute approximate surface area is 124 Å². The molecule has 0 aliphatic heterocycles. The Bertz CT molecular complexity index is 454. The average Bonchev–Trinajstić information content (AvgIpc) is 2.37. The number of nitrogens with zero attached hydrogens (tertiary/aromatic N) is 2. The first-order chi connectivity index (χ1) is 9.80. The summed E-state index contributed by atoms with van der Waals surface area (Å²) in [5.41, 5.74) is 0. The van der Waals surface area contributed by atoms with Crippen LogP contribution in [0.5, 0.6) is 0 Å². The maximum absolute atomic E-state index is 12.4. The Kier molecular flexibility index (Phi) is 6.86. The zero-order chi connectivity index (χ0) is 15.9. The van der Waals surface area contributed by atoms with Crippen LogP contribution in [0.25, 0.3) is 0 Å². The molecule has 0 aliphatic rings. The van der Waals surface area contributed by atoms with Gasteiger partial charge in [-0.3, -0.25) is 9.69 Å². The Hall–Kier alpha value is -1.38. The van der Waals surface area contributed by atoms with Gasteiger partial charge >= 0.3 is 6.18 Å². The largest absolute Gasteiger partial charge is 0.401 e. The van der Waals surface area contributed by atoms with Gasteiger partial charge in [-0.25, -0.2) is 4.98 Å². The van der Waals surface area contributed by atoms with Crippen molar-refractivity contribution in [3.8, 4) is 0 Å². The van der Waals surface area contributed by atoms with Crippen LogP contribution in [-0.4, -0.2) is 53.3 Å². The second-order valence-corrected chi connectivity index (χ2v) is 4.75. The molecule has 0 spiro atoms. The predicted octanol–water partition coefficient (Wildman–Crippen LogP) is 1.92. The number of rotatable bonds is 7. The second-order valence-electron chi connectivity index (χ2n) is 4.31. The van der Waals surface area contributed by atoms with Crippen LogP contribution in [0.4, 0.5) is 19.0 Å². The number of anilines is 1. The number of nitrogens with one attached hydrogen (secondary N) is 1. The smallest absolute Gasteiger partial charge is 0.396 e. The van der Waals surface area contributed by atoms with Gasteiger partial charge in [-0.1, -0.05) is 11.6 Å². The number of halogens is 4. The Balaban J connectivity index is 2.56. The highest BCUT2D eigenvalue weighted by atomic mass is 35.5. The van der Waals surface area contributed by atoms with Crippen LogP contribution in [0.1, 0.15) is 6.42 Å². The lowest BCUT2D eigenvalue weighted by molar-refractivity contribution is -0.148. The summed E-state index contributed by atoms with van der Waals surface area (Å²) in [7, 11) is 0. The van der Waals surface area contributed by atoms with Crippen LogP contribution in [0, 0.1) is 0 Å². The van der Waals surface area contributed by atoms with Crippen LogP contribution >= 0.6 is 11.6 Å². The third kappa shape index (κ3) is 7.84. The molecule has 5 nitrogen and oxygen atoms in total. The van der Waals surface area contributed by atoms with Crippen molar-refractivity contribution in [1.82, 2.24) is 9.88 Å². The van der Waals surface area contributed by atoms with Gasteiger partial charge in [-0.15, -0.1) is 0 Å². The third-order valence-electron chi connectivity index (χ3n) is 2.40. The van der Waals surface area contributed by atoms with Crippen molar-refractivity contribution in [1.29, 1.82) is 0 Å². The molecule has 1 rings (SSSR count). The van der Waals surface area contributed by atoms with E-state index in [2.05, 4.69) is 10.3 Å². The molecule has 118 valence electrons. The van der Waals surface area contributed by atoms with Crippen LogP contribution in [0.2, 0.25) is 5.02 Å². The maximum atomic E-state index is 12.4. The van der Waals surface area contributed by atoms with Gasteiger partial charge in [0.05, 0.1) is 18.1 Å². The molecule has 0 saturated carbocycles. The molecule has 1 aromatic rings. The summed E-state index contributed by atoms with van der Waals surface area (Å²) in [5, 5.41) is 11.4. The van der Waals surface area contributed by atoms with Crippen molar-refractivity contribution in [2.75, 3.05) is 31.6 Å². The third-order valence-corrected chi connectivity index (χ3v) is 2.62. The normalized spacial score (nSPS) is 11.7. The lowest BCUT2D eigenvalue weighted by atomic mass is 10.3. The maximum Gasteiger partial charge on any atom is 0.401 e. The van der Waals surface area contributed by atoms with E-state index in [-0.39, 0.29) is 25.4 Å². The summed E-state index contributed by atoms with van der Waals surface area (Å²) in [6.07, 6.45) is -2.94. The summed E-state index contributed by atoms with van der Waals surface area (Å²) in [6, 6.07) is 2.95. The minimum atomic E-state index is -4.41. The van der Waals surface area contributed by atoms with Crippen molar-refractivity contribution in [2.45, 2.75) is 12.6 Å². The molecule has 9 heteroatoms. The van der Waals surface area contributed by atoms with Crippen LogP contribution in [0.3, 0.4) is 0 Å². The number of hydrogen-bond acceptors (Lipinski definition) is 4. The molecule has 21 heavy (non-hydrogen) atoms. The molecule has 0 atom stereocenters. The molecule has 0 saturated heterocycles. The summed E-state index contributed by atoms with van der Waals surface area (Å²) in [4.78, 5) is 16.4. The van der Waals surface area contributed by atoms with E-state index in [1.807, 2.05) is 0 Å². The zero-order valence-corrected chi connectivity index (χ0v) is 11.8. The summed E-state index contributed by atoms with van der Waals surface area (Å²) >= 11 is 5.63. The second kappa shape index (κ2) is 8.16. The summed E-state index contributed by atoms with van der Waals surface area (Å²) < 4.78 is 37.2. The number of aromatic nitrogens is 1. The SMILES string of the molecule is O=C(CN(CCCO)CC(F)(F)F)Nc1ccc(Cl)cn1. The molecular formula is C12H15ClF3N3O2. The minimum absolute atomic E-state index is 0.0303. The lowest BCUT2D eigenvalue weighted by Gasteiger charge is -2.22. The number of pyridine rings is 1. The molecule has 1 aromatic heterocycles. The van der Waals surface area contributed by atoms with Gasteiger partial charge in [-0.2, -0.15) is 13.2 Å². The standard InChI is InChI=1S/C12H15ClF3N3O2/c13-9-2-3-10(17-6-9)18-11(21)7-19(4-1-5-20)8-12(14,15)16/h2-3,6,20H,1,4-5,7-8H2,(H,17,18,21). The first-order valence-electron chi connectivity index (χ1n) is 6.11. The van der Waals surface area contributed by atoms with Gasteiger partial charge in [0.2, 0.25) is 5.91 Å². The highest BCUT2D eigenvalue weighted by molar-refractivity contribution is 6.30. The van der Waals surface area contributed by atoms with E-state index in [1.54, 1.807) is 0 Å². The number of carbonyl (C=O) groups excluding carboxylic acids is 1. The Morgan fingerprint density at radius 3 is 2.67 bits per heavy atom. The molecule has 0 radical (unpaired) electrons. The van der Waals surface area contributed by atoms with Gasteiger partial charge in [0.1, 0.15) is 5.82 Å². The number of hydrogen-bond donors (Lipinski definition) is 2. The average molecular weight is 326 g/mol. The quantitative estimate of drug-likeness (QED) is 0.804. The van der Waals surface area contributed by atoms with Crippen molar-refractivity contribution in [3.63, 3.8) is 0 Å². The molecule has 0 bridgehead atoms. The number of aliphatic hydroxyl groups excluding tert-OH is 1. The van der Waals surface area contributed by atoms with Crippen LogP contribution in [0.15, 0.2) is 18.3 Å². The first kappa shape index (κ1) is 17.7. The van der Waals surface area contributed by atoms with Crippen molar-refractivity contribution < 1.29 is 23.1 Å². The van der Waals surface area contributed by atoms with Gasteiger partial charge in [0.25, 0.3) is 0 Å². The fourth-order valence-electron chi connectivity index (χ4n) is 1.60. The minimum Gasteiger partial charge on any atom is -0.396 e. The van der Waals surface area contributed by atoms with E-state index in [1.165, 1.54) is 18.3 Å². The monoisotopic (exact) mass is 325 g/mol. The van der Waals surface area contributed by atoms with Gasteiger partial charge in [0.15, 0.2) is 0 Å². The highest BCUT2D eigenvalue weighted by Crippen LogP contribution is 2.16. The molecule has 1 heterocycles. The molecule has 0 aliphatic carbocycles. The van der Waals surface area contributed by atoms with Crippen LogP contribution in [-0.2, 0) is 4.79 Å². The van der Waals surface area contributed by atoms with Crippen LogP contribution < -0.4 is 5.32 Å². The van der Waals surface area contributed by atoms with Crippen molar-refractivity contribution >= 4 is 23.3 Å². The fourth-order valence-corrected chi connectivity index (χ4v) is 1.71.